The van der Waals surface area contributed by atoms with E-state index in [2.05, 4.69) is 10.3 Å². The molecule has 1 fully saturated rings. The molecule has 2 amide bonds. The van der Waals surface area contributed by atoms with Gasteiger partial charge in [-0.15, -0.1) is 0 Å². The van der Waals surface area contributed by atoms with Crippen LogP contribution < -0.4 is 10.2 Å². The van der Waals surface area contributed by atoms with E-state index < -0.39 is 10.8 Å². The summed E-state index contributed by atoms with van der Waals surface area (Å²) >= 11 is 1.17. The van der Waals surface area contributed by atoms with Gasteiger partial charge in [-0.2, -0.15) is 0 Å². The van der Waals surface area contributed by atoms with Crippen LogP contribution in [0.5, 0.6) is 0 Å². The first kappa shape index (κ1) is 19.0. The minimum atomic E-state index is -0.478. The fraction of sp³-hybridized carbons (Fsp3) is 0.250. The van der Waals surface area contributed by atoms with Gasteiger partial charge in [-0.05, 0) is 24.1 Å². The minimum absolute atomic E-state index is 0.0225. The molecule has 0 spiro atoms. The van der Waals surface area contributed by atoms with Crippen LogP contribution in [0.4, 0.5) is 16.5 Å². The van der Waals surface area contributed by atoms with Crippen LogP contribution in [0.1, 0.15) is 18.9 Å². The number of para-hydroxylation sites is 1. The summed E-state index contributed by atoms with van der Waals surface area (Å²) in [6.45, 7) is 2.35. The van der Waals surface area contributed by atoms with Crippen molar-refractivity contribution in [1.29, 1.82) is 0 Å². The number of anilines is 2. The second-order valence-corrected chi connectivity index (χ2v) is 7.84. The number of non-ortho nitro benzene ring substituents is 1. The zero-order valence-corrected chi connectivity index (χ0v) is 16.4. The molecule has 4 rings (SSSR count). The predicted octanol–water partition coefficient (Wildman–Crippen LogP) is 3.76. The van der Waals surface area contributed by atoms with Crippen molar-refractivity contribution < 1.29 is 14.5 Å². The summed E-state index contributed by atoms with van der Waals surface area (Å²) in [5.74, 6) is -0.830. The summed E-state index contributed by atoms with van der Waals surface area (Å²) in [4.78, 5) is 41.7. The van der Waals surface area contributed by atoms with Gasteiger partial charge in [0.05, 0.1) is 21.1 Å². The van der Waals surface area contributed by atoms with E-state index in [1.165, 1.54) is 23.5 Å². The fourth-order valence-corrected chi connectivity index (χ4v) is 4.38. The zero-order chi connectivity index (χ0) is 20.5. The molecule has 2 heterocycles. The van der Waals surface area contributed by atoms with Crippen LogP contribution in [0.2, 0.25) is 0 Å². The van der Waals surface area contributed by atoms with E-state index in [0.717, 1.165) is 17.7 Å². The number of fused-ring (bicyclic) bond motifs is 1. The third-order valence-corrected chi connectivity index (χ3v) is 5.91. The normalized spacial score (nSPS) is 16.4. The Labute approximate surface area is 170 Å². The van der Waals surface area contributed by atoms with E-state index in [0.29, 0.717) is 21.9 Å². The fourth-order valence-electron chi connectivity index (χ4n) is 3.48. The number of aromatic nitrogens is 1. The smallest absolute Gasteiger partial charge is 0.270 e. The summed E-state index contributed by atoms with van der Waals surface area (Å²) in [6.07, 6.45) is 0.939. The van der Waals surface area contributed by atoms with Crippen molar-refractivity contribution in [3.8, 4) is 0 Å². The molecule has 1 unspecified atom stereocenters. The van der Waals surface area contributed by atoms with Gasteiger partial charge < -0.3 is 10.2 Å². The van der Waals surface area contributed by atoms with E-state index >= 15 is 0 Å². The van der Waals surface area contributed by atoms with Crippen molar-refractivity contribution in [1.82, 2.24) is 4.98 Å². The molecule has 0 aliphatic carbocycles. The second-order valence-electron chi connectivity index (χ2n) is 6.81. The van der Waals surface area contributed by atoms with E-state index in [1.807, 2.05) is 31.2 Å². The molecular formula is C20H18N4O4S. The van der Waals surface area contributed by atoms with Crippen molar-refractivity contribution >= 4 is 49.9 Å². The number of nitro benzene ring substituents is 1. The number of hydrogen-bond donors (Lipinski definition) is 1. The van der Waals surface area contributed by atoms with Gasteiger partial charge in [0.1, 0.15) is 0 Å². The number of thiazole rings is 1. The lowest BCUT2D eigenvalue weighted by atomic mass is 10.1. The molecule has 148 valence electrons. The highest BCUT2D eigenvalue weighted by atomic mass is 32.1. The number of carbonyl (C=O) groups is 2. The van der Waals surface area contributed by atoms with Crippen molar-refractivity contribution in [2.45, 2.75) is 19.8 Å². The van der Waals surface area contributed by atoms with Gasteiger partial charge in [-0.3, -0.25) is 19.7 Å². The van der Waals surface area contributed by atoms with E-state index in [-0.39, 0.29) is 23.9 Å². The van der Waals surface area contributed by atoms with Gasteiger partial charge in [-0.25, -0.2) is 4.98 Å². The van der Waals surface area contributed by atoms with Gasteiger partial charge in [0.15, 0.2) is 5.13 Å². The van der Waals surface area contributed by atoms with Gasteiger partial charge in [0.2, 0.25) is 11.8 Å². The number of nitrogens with one attached hydrogen (secondary N) is 1. The number of rotatable bonds is 5. The second kappa shape index (κ2) is 7.59. The van der Waals surface area contributed by atoms with Crippen LogP contribution in [0.3, 0.4) is 0 Å². The lowest BCUT2D eigenvalue weighted by Crippen LogP contribution is -2.28. The molecule has 1 atom stereocenters. The van der Waals surface area contributed by atoms with Gasteiger partial charge in [-0.1, -0.05) is 36.5 Å². The Bertz CT molecular complexity index is 1130. The molecule has 29 heavy (non-hydrogen) atoms. The molecule has 1 N–H and O–H groups in total. The molecule has 2 aromatic carbocycles. The third kappa shape index (κ3) is 3.68. The molecule has 1 aliphatic heterocycles. The van der Waals surface area contributed by atoms with Crippen molar-refractivity contribution in [2.24, 2.45) is 5.92 Å². The first-order chi connectivity index (χ1) is 14.0. The molecule has 1 aliphatic rings. The quantitative estimate of drug-likeness (QED) is 0.509. The largest absolute Gasteiger partial charge is 0.311 e. The van der Waals surface area contributed by atoms with E-state index in [1.54, 1.807) is 11.0 Å². The molecule has 9 heteroatoms. The van der Waals surface area contributed by atoms with Crippen LogP contribution >= 0.6 is 11.3 Å². The summed E-state index contributed by atoms with van der Waals surface area (Å²) in [6, 6.07) is 12.1. The van der Waals surface area contributed by atoms with Crippen molar-refractivity contribution in [2.75, 3.05) is 16.8 Å². The van der Waals surface area contributed by atoms with Crippen LogP contribution in [-0.4, -0.2) is 28.3 Å². The van der Waals surface area contributed by atoms with Crippen LogP contribution in [0.25, 0.3) is 10.2 Å². The molecule has 0 bridgehead atoms. The Kier molecular flexibility index (Phi) is 4.98. The predicted molar refractivity (Wildman–Crippen MR) is 111 cm³/mol. The summed E-state index contributed by atoms with van der Waals surface area (Å²) in [5.41, 5.74) is 2.47. The SMILES string of the molecule is CCc1ccccc1N1CC(C(=O)Nc2nc3ccc([N+](=O)[O-])cc3s2)CC1=O. The Morgan fingerprint density at radius 2 is 2.14 bits per heavy atom. The Balaban J connectivity index is 1.50. The summed E-state index contributed by atoms with van der Waals surface area (Å²) in [7, 11) is 0. The topological polar surface area (TPSA) is 105 Å². The molecule has 8 nitrogen and oxygen atoms in total. The van der Waals surface area contributed by atoms with Crippen LogP contribution in [-0.2, 0) is 16.0 Å². The Morgan fingerprint density at radius 1 is 1.34 bits per heavy atom. The summed E-state index contributed by atoms with van der Waals surface area (Å²) < 4.78 is 0.621. The first-order valence-electron chi connectivity index (χ1n) is 9.20. The lowest BCUT2D eigenvalue weighted by molar-refractivity contribution is -0.384. The molecule has 0 saturated carbocycles. The van der Waals surface area contributed by atoms with Crippen molar-refractivity contribution in [3.63, 3.8) is 0 Å². The maximum Gasteiger partial charge on any atom is 0.270 e. The van der Waals surface area contributed by atoms with E-state index in [9.17, 15) is 19.7 Å². The number of amides is 2. The van der Waals surface area contributed by atoms with Crippen LogP contribution in [0.15, 0.2) is 42.5 Å². The molecule has 1 aromatic heterocycles. The summed E-state index contributed by atoms with van der Waals surface area (Å²) in [5, 5.41) is 14.0. The highest BCUT2D eigenvalue weighted by molar-refractivity contribution is 7.22. The number of benzene rings is 2. The lowest BCUT2D eigenvalue weighted by Gasteiger charge is -2.19. The van der Waals surface area contributed by atoms with Gasteiger partial charge in [0.25, 0.3) is 5.69 Å². The monoisotopic (exact) mass is 410 g/mol. The van der Waals surface area contributed by atoms with E-state index in [4.69, 9.17) is 0 Å². The molecule has 0 radical (unpaired) electrons. The standard InChI is InChI=1S/C20H18N4O4S/c1-2-12-5-3-4-6-16(12)23-11-13(9-18(23)25)19(26)22-20-21-15-8-7-14(24(27)28)10-17(15)29-20/h3-8,10,13H,2,9,11H2,1H3,(H,21,22,26). The Hall–Kier alpha value is -3.33. The highest BCUT2D eigenvalue weighted by Crippen LogP contribution is 2.32. The van der Waals surface area contributed by atoms with Crippen LogP contribution in [0, 0.1) is 16.0 Å². The average molecular weight is 410 g/mol. The number of aryl methyl sites for hydroxylation is 1. The number of carbonyl (C=O) groups excluding carboxylic acids is 2. The molecular weight excluding hydrogens is 392 g/mol. The first-order valence-corrected chi connectivity index (χ1v) is 10.0. The van der Waals surface area contributed by atoms with Gasteiger partial charge >= 0.3 is 0 Å². The number of nitro groups is 1. The maximum atomic E-state index is 12.7. The average Bonchev–Trinajstić information content (AvgIpc) is 3.29. The Morgan fingerprint density at radius 3 is 2.90 bits per heavy atom. The van der Waals surface area contributed by atoms with Crippen molar-refractivity contribution in [3.05, 3.63) is 58.1 Å². The molecule has 3 aromatic rings. The number of hydrogen-bond acceptors (Lipinski definition) is 6. The highest BCUT2D eigenvalue weighted by Gasteiger charge is 2.36. The number of nitrogens with zero attached hydrogens (tertiary/aromatic N) is 3. The third-order valence-electron chi connectivity index (χ3n) is 4.97. The molecule has 1 saturated heterocycles. The van der Waals surface area contributed by atoms with Gasteiger partial charge in [0, 0.05) is 30.8 Å². The minimum Gasteiger partial charge on any atom is -0.311 e. The maximum absolute atomic E-state index is 12.7. The zero-order valence-electron chi connectivity index (χ0n) is 15.6.